The van der Waals surface area contributed by atoms with Gasteiger partial charge >= 0.3 is 0 Å². The number of fused-ring (bicyclic) bond motifs is 1. The van der Waals surface area contributed by atoms with E-state index in [0.29, 0.717) is 6.67 Å². The standard InChI is InChI=1S/C20H28N4O2/c1-5-6-7-12-22-13-23(17-8-10-18(26-4)11-9-17)20-21-16(3)15(2)19(25)24(20)14-22/h8-11H,5-7,12-14H2,1-4H3. The number of anilines is 2. The van der Waals surface area contributed by atoms with Crippen LogP contribution in [0.4, 0.5) is 11.6 Å². The van der Waals surface area contributed by atoms with Crippen molar-refractivity contribution in [3.8, 4) is 5.75 Å². The van der Waals surface area contributed by atoms with Crippen molar-refractivity contribution in [3.05, 3.63) is 45.9 Å². The van der Waals surface area contributed by atoms with Gasteiger partial charge in [0.2, 0.25) is 5.95 Å². The van der Waals surface area contributed by atoms with E-state index in [-0.39, 0.29) is 5.56 Å². The maximum Gasteiger partial charge on any atom is 0.259 e. The summed E-state index contributed by atoms with van der Waals surface area (Å²) in [5.74, 6) is 1.53. The molecule has 2 heterocycles. The van der Waals surface area contributed by atoms with E-state index in [1.165, 1.54) is 12.8 Å². The van der Waals surface area contributed by atoms with Crippen molar-refractivity contribution in [2.45, 2.75) is 46.7 Å². The summed E-state index contributed by atoms with van der Waals surface area (Å²) in [6.45, 7) is 8.25. The van der Waals surface area contributed by atoms with Crippen LogP contribution in [0.15, 0.2) is 29.1 Å². The lowest BCUT2D eigenvalue weighted by atomic mass is 10.2. The summed E-state index contributed by atoms with van der Waals surface area (Å²) in [4.78, 5) is 22.0. The highest BCUT2D eigenvalue weighted by molar-refractivity contribution is 5.59. The molecule has 6 nitrogen and oxygen atoms in total. The molecule has 0 fully saturated rings. The molecule has 1 aromatic heterocycles. The number of methoxy groups -OCH3 is 1. The van der Waals surface area contributed by atoms with Gasteiger partial charge in [-0.15, -0.1) is 0 Å². The predicted molar refractivity (Wildman–Crippen MR) is 104 cm³/mol. The SMILES string of the molecule is CCCCCN1CN(c2ccc(OC)cc2)c2nc(C)c(C)c(=O)n2C1. The minimum Gasteiger partial charge on any atom is -0.497 e. The summed E-state index contributed by atoms with van der Waals surface area (Å²) < 4.78 is 7.06. The number of unbranched alkanes of at least 4 members (excludes halogenated alkanes) is 2. The van der Waals surface area contributed by atoms with Crippen LogP contribution >= 0.6 is 0 Å². The number of ether oxygens (including phenoxy) is 1. The third-order valence-corrected chi connectivity index (χ3v) is 5.00. The molecule has 1 aliphatic rings. The first kappa shape index (κ1) is 18.5. The first-order valence-corrected chi connectivity index (χ1v) is 9.27. The van der Waals surface area contributed by atoms with Crippen molar-refractivity contribution in [1.29, 1.82) is 0 Å². The van der Waals surface area contributed by atoms with Gasteiger partial charge in [0.15, 0.2) is 0 Å². The molecule has 1 aromatic carbocycles. The fraction of sp³-hybridized carbons (Fsp3) is 0.500. The Morgan fingerprint density at radius 3 is 2.50 bits per heavy atom. The summed E-state index contributed by atoms with van der Waals surface area (Å²) >= 11 is 0. The normalized spacial score (nSPS) is 14.4. The molecular weight excluding hydrogens is 328 g/mol. The minimum atomic E-state index is 0.0474. The average Bonchev–Trinajstić information content (AvgIpc) is 2.66. The monoisotopic (exact) mass is 356 g/mol. The molecule has 140 valence electrons. The zero-order valence-electron chi connectivity index (χ0n) is 16.2. The predicted octanol–water partition coefficient (Wildman–Crippen LogP) is 3.43. The molecule has 6 heteroatoms. The van der Waals surface area contributed by atoms with Crippen molar-refractivity contribution in [1.82, 2.24) is 14.5 Å². The second-order valence-corrected chi connectivity index (χ2v) is 6.87. The largest absolute Gasteiger partial charge is 0.497 e. The number of rotatable bonds is 6. The lowest BCUT2D eigenvalue weighted by Crippen LogP contribution is -2.48. The number of nitrogens with zero attached hydrogens (tertiary/aromatic N) is 4. The van der Waals surface area contributed by atoms with Crippen LogP contribution in [0.1, 0.15) is 37.4 Å². The van der Waals surface area contributed by atoms with Gasteiger partial charge in [-0.25, -0.2) is 4.98 Å². The Labute approximate surface area is 155 Å². The van der Waals surface area contributed by atoms with Gasteiger partial charge < -0.3 is 4.74 Å². The van der Waals surface area contributed by atoms with Crippen molar-refractivity contribution in [2.75, 3.05) is 25.2 Å². The Bertz CT molecular complexity index is 814. The van der Waals surface area contributed by atoms with E-state index in [1.54, 1.807) is 11.7 Å². The third kappa shape index (κ3) is 3.60. The van der Waals surface area contributed by atoms with Crippen molar-refractivity contribution in [2.24, 2.45) is 0 Å². The fourth-order valence-corrected chi connectivity index (χ4v) is 3.27. The van der Waals surface area contributed by atoms with Crippen LogP contribution in [0.2, 0.25) is 0 Å². The number of aryl methyl sites for hydroxylation is 1. The summed E-state index contributed by atoms with van der Waals surface area (Å²) in [5.41, 5.74) is 2.57. The number of hydrogen-bond donors (Lipinski definition) is 0. The molecule has 0 unspecified atom stereocenters. The molecule has 3 rings (SSSR count). The molecule has 26 heavy (non-hydrogen) atoms. The maximum absolute atomic E-state index is 12.8. The third-order valence-electron chi connectivity index (χ3n) is 5.00. The van der Waals surface area contributed by atoms with Gasteiger partial charge in [0, 0.05) is 23.5 Å². The van der Waals surface area contributed by atoms with Crippen LogP contribution in [0.5, 0.6) is 5.75 Å². The summed E-state index contributed by atoms with van der Waals surface area (Å²) in [6.07, 6.45) is 3.52. The van der Waals surface area contributed by atoms with Crippen LogP contribution < -0.4 is 15.2 Å². The molecule has 2 aromatic rings. The quantitative estimate of drug-likeness (QED) is 0.742. The topological polar surface area (TPSA) is 50.6 Å². The van der Waals surface area contributed by atoms with E-state index >= 15 is 0 Å². The van der Waals surface area contributed by atoms with Gasteiger partial charge in [-0.3, -0.25) is 19.2 Å². The second-order valence-electron chi connectivity index (χ2n) is 6.87. The molecule has 1 aliphatic heterocycles. The van der Waals surface area contributed by atoms with Crippen LogP contribution in [-0.2, 0) is 6.67 Å². The zero-order valence-corrected chi connectivity index (χ0v) is 16.2. The molecule has 0 saturated carbocycles. The van der Waals surface area contributed by atoms with Gasteiger partial charge in [-0.05, 0) is 44.5 Å². The Balaban J connectivity index is 2.00. The van der Waals surface area contributed by atoms with E-state index < -0.39 is 0 Å². The van der Waals surface area contributed by atoms with Gasteiger partial charge in [0.25, 0.3) is 5.56 Å². The van der Waals surface area contributed by atoms with E-state index in [4.69, 9.17) is 9.72 Å². The van der Waals surface area contributed by atoms with Crippen LogP contribution in [0.25, 0.3) is 0 Å². The maximum atomic E-state index is 12.8. The molecular formula is C20H28N4O2. The molecule has 0 aliphatic carbocycles. The minimum absolute atomic E-state index is 0.0474. The lowest BCUT2D eigenvalue weighted by molar-refractivity contribution is 0.194. The first-order valence-electron chi connectivity index (χ1n) is 9.27. The molecule has 0 saturated heterocycles. The zero-order chi connectivity index (χ0) is 18.7. The molecule has 0 spiro atoms. The van der Waals surface area contributed by atoms with Crippen molar-refractivity contribution in [3.63, 3.8) is 0 Å². The molecule has 0 radical (unpaired) electrons. The highest BCUT2D eigenvalue weighted by Crippen LogP contribution is 2.29. The number of benzene rings is 1. The summed E-state index contributed by atoms with van der Waals surface area (Å²) in [5, 5.41) is 0. The van der Waals surface area contributed by atoms with Gasteiger partial charge in [0.05, 0.1) is 20.4 Å². The van der Waals surface area contributed by atoms with Crippen molar-refractivity contribution < 1.29 is 4.74 Å². The van der Waals surface area contributed by atoms with Gasteiger partial charge in [-0.1, -0.05) is 19.8 Å². The van der Waals surface area contributed by atoms with E-state index in [9.17, 15) is 4.79 Å². The average molecular weight is 356 g/mol. The van der Waals surface area contributed by atoms with Crippen molar-refractivity contribution >= 4 is 11.6 Å². The molecule has 0 bridgehead atoms. The Morgan fingerprint density at radius 2 is 1.85 bits per heavy atom. The van der Waals surface area contributed by atoms with Crippen LogP contribution in [-0.4, -0.2) is 34.8 Å². The van der Waals surface area contributed by atoms with Crippen LogP contribution in [0.3, 0.4) is 0 Å². The highest BCUT2D eigenvalue weighted by atomic mass is 16.5. The second kappa shape index (κ2) is 7.91. The molecule has 0 atom stereocenters. The van der Waals surface area contributed by atoms with Gasteiger partial charge in [0.1, 0.15) is 5.75 Å². The fourth-order valence-electron chi connectivity index (χ4n) is 3.27. The van der Waals surface area contributed by atoms with Crippen LogP contribution in [0, 0.1) is 13.8 Å². The Kier molecular flexibility index (Phi) is 5.61. The molecule has 0 N–H and O–H groups in total. The smallest absolute Gasteiger partial charge is 0.259 e. The highest BCUT2D eigenvalue weighted by Gasteiger charge is 2.26. The number of aromatic nitrogens is 2. The van der Waals surface area contributed by atoms with E-state index in [1.807, 2.05) is 38.1 Å². The molecule has 0 amide bonds. The lowest BCUT2D eigenvalue weighted by Gasteiger charge is -2.38. The summed E-state index contributed by atoms with van der Waals surface area (Å²) in [7, 11) is 1.66. The number of hydrogen-bond acceptors (Lipinski definition) is 5. The van der Waals surface area contributed by atoms with Gasteiger partial charge in [-0.2, -0.15) is 0 Å². The Hall–Kier alpha value is -2.34. The summed E-state index contributed by atoms with van der Waals surface area (Å²) in [6, 6.07) is 7.91. The van der Waals surface area contributed by atoms with E-state index in [2.05, 4.69) is 16.7 Å². The Morgan fingerprint density at radius 1 is 1.12 bits per heavy atom. The first-order chi connectivity index (χ1) is 12.5. The van der Waals surface area contributed by atoms with E-state index in [0.717, 1.165) is 48.3 Å².